The predicted octanol–water partition coefficient (Wildman–Crippen LogP) is 4.23. The van der Waals surface area contributed by atoms with Gasteiger partial charge in [0.15, 0.2) is 5.69 Å². The third-order valence-electron chi connectivity index (χ3n) is 4.13. The number of benzene rings is 2. The number of rotatable bonds is 3. The molecule has 4 nitrogen and oxygen atoms in total. The SMILES string of the molecule is Cc1ccc(/C=C/c2c(C#N)nnn2-c2cccc(C)c2C)cc1. The molecule has 0 saturated heterocycles. The van der Waals surface area contributed by atoms with Crippen LogP contribution >= 0.6 is 0 Å². The molecule has 0 aliphatic rings. The fourth-order valence-electron chi connectivity index (χ4n) is 2.51. The van der Waals surface area contributed by atoms with Crippen molar-refractivity contribution in [2.24, 2.45) is 0 Å². The van der Waals surface area contributed by atoms with Crippen molar-refractivity contribution in [3.05, 3.63) is 76.1 Å². The fourth-order valence-corrected chi connectivity index (χ4v) is 2.51. The van der Waals surface area contributed by atoms with Gasteiger partial charge in [0.25, 0.3) is 0 Å². The van der Waals surface area contributed by atoms with Crippen LogP contribution in [0.1, 0.15) is 33.6 Å². The van der Waals surface area contributed by atoms with Gasteiger partial charge in [-0.2, -0.15) is 5.26 Å². The molecule has 1 heterocycles. The second kappa shape index (κ2) is 6.51. The molecule has 0 atom stereocenters. The van der Waals surface area contributed by atoms with Crippen molar-refractivity contribution in [2.75, 3.05) is 0 Å². The zero-order valence-corrected chi connectivity index (χ0v) is 14.0. The summed E-state index contributed by atoms with van der Waals surface area (Å²) in [6.45, 7) is 6.16. The van der Waals surface area contributed by atoms with Crippen LogP contribution < -0.4 is 0 Å². The Kier molecular flexibility index (Phi) is 4.26. The lowest BCUT2D eigenvalue weighted by Crippen LogP contribution is -2.03. The topological polar surface area (TPSA) is 54.5 Å². The first-order valence-corrected chi connectivity index (χ1v) is 7.77. The quantitative estimate of drug-likeness (QED) is 0.726. The van der Waals surface area contributed by atoms with Crippen LogP contribution in [0, 0.1) is 32.1 Å². The van der Waals surface area contributed by atoms with Gasteiger partial charge in [0.2, 0.25) is 0 Å². The molecule has 2 aromatic carbocycles. The standard InChI is InChI=1S/C20H18N4/c1-14-7-9-17(10-8-14)11-12-20-18(13-21)22-23-24(20)19-6-4-5-15(2)16(19)3/h4-12H,1-3H3/b12-11+. The molecule has 0 saturated carbocycles. The monoisotopic (exact) mass is 314 g/mol. The Morgan fingerprint density at radius 2 is 1.75 bits per heavy atom. The molecule has 0 spiro atoms. The average molecular weight is 314 g/mol. The van der Waals surface area contributed by atoms with E-state index >= 15 is 0 Å². The van der Waals surface area contributed by atoms with Gasteiger partial charge in [0.1, 0.15) is 11.8 Å². The minimum atomic E-state index is 0.319. The summed E-state index contributed by atoms with van der Waals surface area (Å²) in [5.41, 5.74) is 6.52. The van der Waals surface area contributed by atoms with Gasteiger partial charge in [-0.15, -0.1) is 5.10 Å². The molecule has 0 radical (unpaired) electrons. The van der Waals surface area contributed by atoms with Crippen molar-refractivity contribution in [1.29, 1.82) is 5.26 Å². The van der Waals surface area contributed by atoms with E-state index in [-0.39, 0.29) is 0 Å². The molecule has 0 unspecified atom stereocenters. The van der Waals surface area contributed by atoms with E-state index in [2.05, 4.69) is 48.4 Å². The third kappa shape index (κ3) is 2.97. The smallest absolute Gasteiger partial charge is 0.190 e. The van der Waals surface area contributed by atoms with Gasteiger partial charge in [-0.25, -0.2) is 4.68 Å². The lowest BCUT2D eigenvalue weighted by molar-refractivity contribution is 0.792. The minimum Gasteiger partial charge on any atom is -0.212 e. The average Bonchev–Trinajstić information content (AvgIpc) is 2.99. The number of hydrogen-bond acceptors (Lipinski definition) is 3. The van der Waals surface area contributed by atoms with Crippen molar-refractivity contribution in [3.63, 3.8) is 0 Å². The number of nitrogens with zero attached hydrogens (tertiary/aromatic N) is 4. The molecule has 3 rings (SSSR count). The summed E-state index contributed by atoms with van der Waals surface area (Å²) in [6.07, 6.45) is 3.87. The highest BCUT2D eigenvalue weighted by molar-refractivity contribution is 5.71. The van der Waals surface area contributed by atoms with Crippen LogP contribution in [0.25, 0.3) is 17.8 Å². The summed E-state index contributed by atoms with van der Waals surface area (Å²) in [5, 5.41) is 17.5. The van der Waals surface area contributed by atoms with Crippen molar-refractivity contribution in [1.82, 2.24) is 15.0 Å². The van der Waals surface area contributed by atoms with E-state index < -0.39 is 0 Å². The number of aromatic nitrogens is 3. The Balaban J connectivity index is 2.07. The van der Waals surface area contributed by atoms with E-state index in [9.17, 15) is 5.26 Å². The Morgan fingerprint density at radius 3 is 2.46 bits per heavy atom. The van der Waals surface area contributed by atoms with Crippen molar-refractivity contribution in [3.8, 4) is 11.8 Å². The van der Waals surface area contributed by atoms with E-state index in [1.54, 1.807) is 4.68 Å². The normalized spacial score (nSPS) is 10.9. The van der Waals surface area contributed by atoms with Gasteiger partial charge in [0.05, 0.1) is 5.69 Å². The van der Waals surface area contributed by atoms with Crippen LogP contribution in [-0.2, 0) is 0 Å². The van der Waals surface area contributed by atoms with Gasteiger partial charge in [-0.3, -0.25) is 0 Å². The summed E-state index contributed by atoms with van der Waals surface area (Å²) in [4.78, 5) is 0. The van der Waals surface area contributed by atoms with Gasteiger partial charge < -0.3 is 0 Å². The Labute approximate surface area is 141 Å². The maximum Gasteiger partial charge on any atom is 0.190 e. The fraction of sp³-hybridized carbons (Fsp3) is 0.150. The molecule has 24 heavy (non-hydrogen) atoms. The number of hydrogen-bond donors (Lipinski definition) is 0. The molecule has 4 heteroatoms. The van der Waals surface area contributed by atoms with Crippen molar-refractivity contribution in [2.45, 2.75) is 20.8 Å². The summed E-state index contributed by atoms with van der Waals surface area (Å²) in [7, 11) is 0. The highest BCUT2D eigenvalue weighted by atomic mass is 15.4. The van der Waals surface area contributed by atoms with E-state index in [0.29, 0.717) is 11.4 Å². The van der Waals surface area contributed by atoms with Crippen LogP contribution in [0.2, 0.25) is 0 Å². The summed E-state index contributed by atoms with van der Waals surface area (Å²) >= 11 is 0. The molecule has 0 N–H and O–H groups in total. The van der Waals surface area contributed by atoms with Crippen molar-refractivity contribution < 1.29 is 0 Å². The van der Waals surface area contributed by atoms with Crippen LogP contribution in [0.15, 0.2) is 42.5 Å². The van der Waals surface area contributed by atoms with Crippen LogP contribution in [0.5, 0.6) is 0 Å². The Hall–Kier alpha value is -3.19. The molecule has 0 aliphatic carbocycles. The first-order chi connectivity index (χ1) is 11.6. The number of aryl methyl sites for hydroxylation is 2. The molecule has 0 amide bonds. The largest absolute Gasteiger partial charge is 0.212 e. The Bertz CT molecular complexity index is 941. The maximum atomic E-state index is 9.34. The molecule has 3 aromatic rings. The summed E-state index contributed by atoms with van der Waals surface area (Å²) < 4.78 is 1.73. The Morgan fingerprint density at radius 1 is 1.00 bits per heavy atom. The van der Waals surface area contributed by atoms with Crippen LogP contribution in [-0.4, -0.2) is 15.0 Å². The van der Waals surface area contributed by atoms with E-state index in [0.717, 1.165) is 16.8 Å². The molecule has 0 bridgehead atoms. The van der Waals surface area contributed by atoms with E-state index in [1.165, 1.54) is 11.1 Å². The minimum absolute atomic E-state index is 0.319. The zero-order valence-electron chi connectivity index (χ0n) is 14.0. The van der Waals surface area contributed by atoms with Crippen LogP contribution in [0.3, 0.4) is 0 Å². The first kappa shape index (κ1) is 15.7. The van der Waals surface area contributed by atoms with Gasteiger partial charge in [-0.05, 0) is 49.6 Å². The second-order valence-electron chi connectivity index (χ2n) is 5.81. The van der Waals surface area contributed by atoms with Gasteiger partial charge in [0, 0.05) is 0 Å². The first-order valence-electron chi connectivity index (χ1n) is 7.77. The zero-order chi connectivity index (χ0) is 17.1. The van der Waals surface area contributed by atoms with Crippen molar-refractivity contribution >= 4 is 12.2 Å². The summed E-state index contributed by atoms with van der Waals surface area (Å²) in [6, 6.07) is 16.4. The molecular weight excluding hydrogens is 296 g/mol. The molecule has 1 aromatic heterocycles. The highest BCUT2D eigenvalue weighted by Gasteiger charge is 2.13. The van der Waals surface area contributed by atoms with E-state index in [4.69, 9.17) is 0 Å². The molecule has 0 fully saturated rings. The molecule has 118 valence electrons. The third-order valence-corrected chi connectivity index (χ3v) is 4.13. The maximum absolute atomic E-state index is 9.34. The predicted molar refractivity (Wildman–Crippen MR) is 95.7 cm³/mol. The van der Waals surface area contributed by atoms with Crippen LogP contribution in [0.4, 0.5) is 0 Å². The van der Waals surface area contributed by atoms with Gasteiger partial charge in [-0.1, -0.05) is 53.3 Å². The van der Waals surface area contributed by atoms with E-state index in [1.807, 2.05) is 43.3 Å². The lowest BCUT2D eigenvalue weighted by Gasteiger charge is -2.09. The summed E-state index contributed by atoms with van der Waals surface area (Å²) in [5.74, 6) is 0. The number of nitriles is 1. The highest BCUT2D eigenvalue weighted by Crippen LogP contribution is 2.21. The lowest BCUT2D eigenvalue weighted by atomic mass is 10.1. The molecular formula is C20H18N4. The molecule has 0 aliphatic heterocycles. The second-order valence-corrected chi connectivity index (χ2v) is 5.81. The van der Waals surface area contributed by atoms with Gasteiger partial charge >= 0.3 is 0 Å².